The molecule has 0 bridgehead atoms. The topological polar surface area (TPSA) is 86.8 Å². The van der Waals surface area contributed by atoms with Gasteiger partial charge in [0.05, 0.1) is 10.6 Å². The first-order chi connectivity index (χ1) is 18.0. The number of hydrogen-bond acceptors (Lipinski definition) is 4. The van der Waals surface area contributed by atoms with Gasteiger partial charge in [-0.25, -0.2) is 8.42 Å². The Hall–Kier alpha value is -3.17. The molecule has 0 fully saturated rings. The summed E-state index contributed by atoms with van der Waals surface area (Å²) in [6.07, 6.45) is 0.746. The van der Waals surface area contributed by atoms with Crippen molar-refractivity contribution in [1.29, 1.82) is 0 Å². The third-order valence-corrected chi connectivity index (χ3v) is 8.68. The van der Waals surface area contributed by atoms with Crippen LogP contribution in [0.1, 0.15) is 38.3 Å². The van der Waals surface area contributed by atoms with Gasteiger partial charge in [0.2, 0.25) is 11.8 Å². The molecule has 202 valence electrons. The highest BCUT2D eigenvalue weighted by Gasteiger charge is 2.32. The van der Waals surface area contributed by atoms with Crippen LogP contribution < -0.4 is 9.62 Å². The van der Waals surface area contributed by atoms with E-state index in [9.17, 15) is 18.0 Å². The van der Waals surface area contributed by atoms with Gasteiger partial charge in [0, 0.05) is 17.1 Å². The van der Waals surface area contributed by atoms with E-state index in [0.29, 0.717) is 5.69 Å². The summed E-state index contributed by atoms with van der Waals surface area (Å²) in [4.78, 5) is 28.4. The first-order valence-electron chi connectivity index (χ1n) is 12.5. The Morgan fingerprint density at radius 3 is 2.11 bits per heavy atom. The Bertz CT molecular complexity index is 1330. The lowest BCUT2D eigenvalue weighted by Crippen LogP contribution is -2.52. The van der Waals surface area contributed by atoms with Crippen molar-refractivity contribution in [3.8, 4) is 0 Å². The first kappa shape index (κ1) is 29.4. The fraction of sp³-hybridized carbons (Fsp3) is 0.310. The number of rotatable bonds is 11. The highest BCUT2D eigenvalue weighted by atomic mass is 79.9. The zero-order valence-electron chi connectivity index (χ0n) is 22.1. The average Bonchev–Trinajstić information content (AvgIpc) is 2.91. The Labute approximate surface area is 234 Å². The molecule has 9 heteroatoms. The van der Waals surface area contributed by atoms with Gasteiger partial charge in [-0.1, -0.05) is 70.9 Å². The maximum atomic E-state index is 13.9. The van der Waals surface area contributed by atoms with Crippen LogP contribution in [0.25, 0.3) is 0 Å². The van der Waals surface area contributed by atoms with Gasteiger partial charge in [-0.3, -0.25) is 13.9 Å². The molecule has 0 aliphatic carbocycles. The van der Waals surface area contributed by atoms with Crippen LogP contribution in [0.5, 0.6) is 0 Å². The molecule has 0 radical (unpaired) electrons. The van der Waals surface area contributed by atoms with Crippen LogP contribution in [0, 0.1) is 6.92 Å². The number of carbonyl (C=O) groups is 2. The van der Waals surface area contributed by atoms with Crippen molar-refractivity contribution in [1.82, 2.24) is 10.2 Å². The minimum atomic E-state index is -4.07. The zero-order chi connectivity index (χ0) is 27.9. The van der Waals surface area contributed by atoms with Crippen LogP contribution in [0.15, 0.2) is 88.2 Å². The molecule has 0 aromatic heterocycles. The Morgan fingerprint density at radius 2 is 1.53 bits per heavy atom. The van der Waals surface area contributed by atoms with Crippen molar-refractivity contribution in [2.45, 2.75) is 57.6 Å². The summed E-state index contributed by atoms with van der Waals surface area (Å²) >= 11 is 3.42. The lowest BCUT2D eigenvalue weighted by atomic mass is 10.1. The summed E-state index contributed by atoms with van der Waals surface area (Å²) in [5.41, 5.74) is 2.10. The van der Waals surface area contributed by atoms with E-state index in [0.717, 1.165) is 26.3 Å². The largest absolute Gasteiger partial charge is 0.352 e. The summed E-state index contributed by atoms with van der Waals surface area (Å²) in [6, 6.07) is 21.6. The number of hydrogen-bond donors (Lipinski definition) is 1. The Kier molecular flexibility index (Phi) is 10.1. The van der Waals surface area contributed by atoms with Crippen molar-refractivity contribution in [2.24, 2.45) is 0 Å². The molecule has 0 aliphatic heterocycles. The molecule has 0 saturated heterocycles. The van der Waals surface area contributed by atoms with Crippen molar-refractivity contribution < 1.29 is 18.0 Å². The van der Waals surface area contributed by atoms with Crippen LogP contribution in [-0.4, -0.2) is 43.8 Å². The highest BCUT2D eigenvalue weighted by Crippen LogP contribution is 2.25. The number of nitrogens with zero attached hydrogens (tertiary/aromatic N) is 2. The van der Waals surface area contributed by atoms with Crippen molar-refractivity contribution >= 4 is 43.5 Å². The van der Waals surface area contributed by atoms with Gasteiger partial charge in [0.15, 0.2) is 0 Å². The van der Waals surface area contributed by atoms with Gasteiger partial charge in [0.1, 0.15) is 12.6 Å². The predicted molar refractivity (Wildman–Crippen MR) is 154 cm³/mol. The van der Waals surface area contributed by atoms with E-state index in [4.69, 9.17) is 0 Å². The molecule has 0 heterocycles. The molecule has 1 N–H and O–H groups in total. The van der Waals surface area contributed by atoms with Crippen molar-refractivity contribution in [3.63, 3.8) is 0 Å². The van der Waals surface area contributed by atoms with Gasteiger partial charge in [-0.2, -0.15) is 0 Å². The quantitative estimate of drug-likeness (QED) is 0.324. The Morgan fingerprint density at radius 1 is 0.921 bits per heavy atom. The minimum absolute atomic E-state index is 0.0580. The second-order valence-electron chi connectivity index (χ2n) is 9.30. The fourth-order valence-electron chi connectivity index (χ4n) is 3.80. The van der Waals surface area contributed by atoms with Crippen molar-refractivity contribution in [2.75, 3.05) is 10.8 Å². The maximum Gasteiger partial charge on any atom is 0.264 e. The molecule has 0 unspecified atom stereocenters. The summed E-state index contributed by atoms with van der Waals surface area (Å²) in [5, 5.41) is 2.93. The number of para-hydroxylation sites is 1. The lowest BCUT2D eigenvalue weighted by Gasteiger charge is -2.32. The van der Waals surface area contributed by atoms with Crippen LogP contribution in [0.2, 0.25) is 0 Å². The molecule has 0 saturated carbocycles. The van der Waals surface area contributed by atoms with Crippen molar-refractivity contribution in [3.05, 3.63) is 94.5 Å². The molecule has 3 rings (SSSR count). The second kappa shape index (κ2) is 13.1. The van der Waals surface area contributed by atoms with E-state index < -0.39 is 28.5 Å². The molecule has 3 aromatic carbocycles. The van der Waals surface area contributed by atoms with Crippen LogP contribution in [0.3, 0.4) is 0 Å². The van der Waals surface area contributed by atoms with E-state index in [2.05, 4.69) is 21.2 Å². The zero-order valence-corrected chi connectivity index (χ0v) is 24.5. The number of aryl methyl sites for hydroxylation is 1. The molecule has 2 atom stereocenters. The third kappa shape index (κ3) is 7.45. The number of sulfonamides is 1. The molecule has 0 spiro atoms. The van der Waals surface area contributed by atoms with E-state index in [1.54, 1.807) is 49.4 Å². The van der Waals surface area contributed by atoms with Crippen LogP contribution in [-0.2, 0) is 26.2 Å². The summed E-state index contributed by atoms with van der Waals surface area (Å²) in [5.74, 6) is -0.781. The number of halogens is 1. The van der Waals surface area contributed by atoms with E-state index in [1.807, 2.05) is 45.0 Å². The summed E-state index contributed by atoms with van der Waals surface area (Å²) in [7, 11) is -4.07. The smallest absolute Gasteiger partial charge is 0.264 e. The second-order valence-corrected chi connectivity index (χ2v) is 12.1. The van der Waals surface area contributed by atoms with Gasteiger partial charge in [-0.15, -0.1) is 0 Å². The van der Waals surface area contributed by atoms with Crippen LogP contribution >= 0.6 is 15.9 Å². The predicted octanol–water partition coefficient (Wildman–Crippen LogP) is 5.28. The van der Waals surface area contributed by atoms with E-state index in [1.165, 1.54) is 17.0 Å². The molecule has 2 amide bonds. The summed E-state index contributed by atoms with van der Waals surface area (Å²) in [6.45, 7) is 7.09. The Balaban J connectivity index is 1.99. The molecule has 0 aliphatic rings. The number of amides is 2. The first-order valence-corrected chi connectivity index (χ1v) is 14.7. The van der Waals surface area contributed by atoms with E-state index in [-0.39, 0.29) is 23.4 Å². The minimum Gasteiger partial charge on any atom is -0.352 e. The number of benzene rings is 3. The van der Waals surface area contributed by atoms with Gasteiger partial charge in [0.25, 0.3) is 10.0 Å². The molecule has 7 nitrogen and oxygen atoms in total. The molecular formula is C29H34BrN3O4S. The number of nitrogens with one attached hydrogen (secondary N) is 1. The number of carbonyl (C=O) groups excluding carboxylic acids is 2. The number of anilines is 1. The lowest BCUT2D eigenvalue weighted by molar-refractivity contribution is -0.139. The van der Waals surface area contributed by atoms with E-state index >= 15 is 0 Å². The average molecular weight is 601 g/mol. The van der Waals surface area contributed by atoms with Crippen LogP contribution in [0.4, 0.5) is 5.69 Å². The van der Waals surface area contributed by atoms with Gasteiger partial charge in [-0.05, 0) is 69.2 Å². The summed E-state index contributed by atoms with van der Waals surface area (Å²) < 4.78 is 29.5. The third-order valence-electron chi connectivity index (χ3n) is 6.37. The monoisotopic (exact) mass is 599 g/mol. The SMILES string of the molecule is CC[C@H](C)NC(=O)[C@@H](C)N(Cc1ccc(Br)cc1)C(=O)CN(c1ccccc1)S(=O)(=O)c1ccc(C)cc1. The van der Waals surface area contributed by atoms with Gasteiger partial charge >= 0.3 is 0 Å². The standard InChI is InChI=1S/C29H34BrN3O4S/c1-5-22(3)31-29(35)23(4)32(19-24-13-15-25(30)16-14-24)28(34)20-33(26-9-7-6-8-10-26)38(36,37)27-17-11-21(2)12-18-27/h6-18,22-23H,5,19-20H2,1-4H3,(H,31,35)/t22-,23+/m0/s1. The molecular weight excluding hydrogens is 566 g/mol. The fourth-order valence-corrected chi connectivity index (χ4v) is 5.47. The molecule has 38 heavy (non-hydrogen) atoms. The maximum absolute atomic E-state index is 13.9. The molecule has 3 aromatic rings. The van der Waals surface area contributed by atoms with Gasteiger partial charge < -0.3 is 10.2 Å². The normalized spacial score (nSPS) is 12.9. The highest BCUT2D eigenvalue weighted by molar-refractivity contribution is 9.10.